The molecule has 0 atom stereocenters. The summed E-state index contributed by atoms with van der Waals surface area (Å²) in [6.07, 6.45) is 0.947. The number of rotatable bonds is 6. The number of carbonyl (C=O) groups excluding carboxylic acids is 2. The minimum absolute atomic E-state index is 0.121. The molecular weight excluding hydrogens is 449 g/mol. The first kappa shape index (κ1) is 22.0. The van der Waals surface area contributed by atoms with Gasteiger partial charge in [-0.15, -0.1) is 11.6 Å². The van der Waals surface area contributed by atoms with Crippen LogP contribution in [-0.2, 0) is 4.79 Å². The molecule has 0 bridgehead atoms. The molecule has 4 rings (SSSR count). The molecule has 3 N–H and O–H groups in total. The molecule has 2 amide bonds. The number of benzene rings is 3. The van der Waals surface area contributed by atoms with Gasteiger partial charge in [-0.25, -0.2) is 0 Å². The van der Waals surface area contributed by atoms with Gasteiger partial charge in [0.1, 0.15) is 5.75 Å². The van der Waals surface area contributed by atoms with Crippen molar-refractivity contribution < 1.29 is 14.3 Å². The Labute approximate surface area is 195 Å². The third-order valence-electron chi connectivity index (χ3n) is 5.11. The average molecular weight is 470 g/mol. The molecule has 0 aromatic heterocycles. The van der Waals surface area contributed by atoms with E-state index in [9.17, 15) is 9.59 Å². The van der Waals surface area contributed by atoms with Crippen molar-refractivity contribution in [1.29, 1.82) is 0 Å². The normalized spacial score (nSPS) is 12.0. The lowest BCUT2D eigenvalue weighted by Crippen LogP contribution is -2.13. The molecule has 0 aliphatic carbocycles. The van der Waals surface area contributed by atoms with Gasteiger partial charge in [0.25, 0.3) is 5.91 Å². The van der Waals surface area contributed by atoms with E-state index >= 15 is 0 Å². The van der Waals surface area contributed by atoms with Gasteiger partial charge in [-0.3, -0.25) is 9.59 Å². The minimum atomic E-state index is -0.239. The van der Waals surface area contributed by atoms with Crippen LogP contribution in [0.4, 0.5) is 22.7 Å². The van der Waals surface area contributed by atoms with Crippen LogP contribution >= 0.6 is 23.2 Å². The molecular formula is C24H21Cl2N3O3. The molecule has 164 valence electrons. The number of nitrogens with one attached hydrogen (secondary N) is 3. The zero-order valence-corrected chi connectivity index (χ0v) is 18.8. The summed E-state index contributed by atoms with van der Waals surface area (Å²) in [7, 11) is 1.57. The van der Waals surface area contributed by atoms with Gasteiger partial charge in [-0.05, 0) is 60.0 Å². The van der Waals surface area contributed by atoms with Gasteiger partial charge in [0.2, 0.25) is 5.91 Å². The van der Waals surface area contributed by atoms with Crippen molar-refractivity contribution >= 4 is 57.8 Å². The zero-order valence-electron chi connectivity index (χ0n) is 17.3. The molecule has 1 aliphatic heterocycles. The van der Waals surface area contributed by atoms with Gasteiger partial charge in [0, 0.05) is 18.0 Å². The van der Waals surface area contributed by atoms with E-state index in [1.807, 2.05) is 30.3 Å². The van der Waals surface area contributed by atoms with E-state index < -0.39 is 0 Å². The highest BCUT2D eigenvalue weighted by molar-refractivity contribution is 6.32. The van der Waals surface area contributed by atoms with Gasteiger partial charge in [-0.2, -0.15) is 0 Å². The van der Waals surface area contributed by atoms with Crippen LogP contribution in [0.2, 0.25) is 5.02 Å². The SMILES string of the molecule is COc1cc(-c2ccc3c(c2)Nc2ccc(NC(=O)CCCCl)cc2NC3=O)ccc1Cl. The van der Waals surface area contributed by atoms with E-state index in [2.05, 4.69) is 16.0 Å². The van der Waals surface area contributed by atoms with Crippen LogP contribution in [0.25, 0.3) is 11.1 Å². The quantitative estimate of drug-likeness (QED) is 0.371. The summed E-state index contributed by atoms with van der Waals surface area (Å²) in [5.74, 6) is 0.651. The van der Waals surface area contributed by atoms with Crippen LogP contribution in [0.5, 0.6) is 5.75 Å². The van der Waals surface area contributed by atoms with Gasteiger partial charge in [-0.1, -0.05) is 23.7 Å². The highest BCUT2D eigenvalue weighted by atomic mass is 35.5. The Hall–Kier alpha value is -3.22. The number of methoxy groups -OCH3 is 1. The Balaban J connectivity index is 1.63. The molecule has 6 nitrogen and oxygen atoms in total. The van der Waals surface area contributed by atoms with E-state index in [4.69, 9.17) is 27.9 Å². The van der Waals surface area contributed by atoms with Crippen LogP contribution < -0.4 is 20.7 Å². The molecule has 0 saturated carbocycles. The van der Waals surface area contributed by atoms with E-state index in [0.29, 0.717) is 52.1 Å². The number of ether oxygens (including phenoxy) is 1. The first-order valence-electron chi connectivity index (χ1n) is 10.0. The standard InChI is InChI=1S/C24H21Cl2N3O3/c1-32-22-12-15(5-8-18(22)26)14-4-7-17-20(11-14)28-19-9-6-16(13-21(19)29-24(17)31)27-23(30)3-2-10-25/h4-9,11-13,28H,2-3,10H2,1H3,(H,27,30)(H,29,31). The topological polar surface area (TPSA) is 79.5 Å². The maximum Gasteiger partial charge on any atom is 0.257 e. The number of hydrogen-bond donors (Lipinski definition) is 3. The summed E-state index contributed by atoms with van der Waals surface area (Å²) in [5, 5.41) is 9.60. The summed E-state index contributed by atoms with van der Waals surface area (Å²) in [6, 6.07) is 16.4. The van der Waals surface area contributed by atoms with Crippen LogP contribution in [0.1, 0.15) is 23.2 Å². The summed E-state index contributed by atoms with van der Waals surface area (Å²) in [6.45, 7) is 0. The fourth-order valence-electron chi connectivity index (χ4n) is 3.48. The summed E-state index contributed by atoms with van der Waals surface area (Å²) < 4.78 is 5.32. The van der Waals surface area contributed by atoms with Crippen molar-refractivity contribution in [2.24, 2.45) is 0 Å². The van der Waals surface area contributed by atoms with Crippen molar-refractivity contribution in [2.45, 2.75) is 12.8 Å². The Bertz CT molecular complexity index is 1200. The molecule has 3 aromatic carbocycles. The number of carbonyl (C=O) groups is 2. The van der Waals surface area contributed by atoms with Crippen LogP contribution in [0.3, 0.4) is 0 Å². The molecule has 0 saturated heterocycles. The molecule has 1 heterocycles. The lowest BCUT2D eigenvalue weighted by Gasteiger charge is -2.12. The molecule has 3 aromatic rings. The van der Waals surface area contributed by atoms with Gasteiger partial charge < -0.3 is 20.7 Å². The first-order valence-corrected chi connectivity index (χ1v) is 11.0. The number of amides is 2. The zero-order chi connectivity index (χ0) is 22.7. The van der Waals surface area contributed by atoms with Crippen molar-refractivity contribution in [1.82, 2.24) is 0 Å². The molecule has 0 spiro atoms. The molecule has 8 heteroatoms. The van der Waals surface area contributed by atoms with E-state index in [1.54, 1.807) is 31.4 Å². The summed E-state index contributed by atoms with van der Waals surface area (Å²) >= 11 is 11.8. The third kappa shape index (κ3) is 4.66. The third-order valence-corrected chi connectivity index (χ3v) is 5.69. The maximum absolute atomic E-state index is 12.8. The number of anilines is 4. The lowest BCUT2D eigenvalue weighted by atomic mass is 10.0. The minimum Gasteiger partial charge on any atom is -0.495 e. The Morgan fingerprint density at radius 1 is 0.969 bits per heavy atom. The van der Waals surface area contributed by atoms with Gasteiger partial charge in [0.05, 0.1) is 34.8 Å². The van der Waals surface area contributed by atoms with Crippen LogP contribution in [0.15, 0.2) is 54.6 Å². The van der Waals surface area contributed by atoms with Crippen molar-refractivity contribution in [3.05, 3.63) is 65.2 Å². The smallest absolute Gasteiger partial charge is 0.257 e. The van der Waals surface area contributed by atoms with Crippen molar-refractivity contribution in [3.63, 3.8) is 0 Å². The van der Waals surface area contributed by atoms with E-state index in [-0.39, 0.29) is 11.8 Å². The van der Waals surface area contributed by atoms with Crippen LogP contribution in [0, 0.1) is 0 Å². The second-order valence-corrected chi connectivity index (χ2v) is 8.08. The molecule has 0 unspecified atom stereocenters. The monoisotopic (exact) mass is 469 g/mol. The molecule has 32 heavy (non-hydrogen) atoms. The predicted octanol–water partition coefficient (Wildman–Crippen LogP) is 6.28. The predicted molar refractivity (Wildman–Crippen MR) is 130 cm³/mol. The van der Waals surface area contributed by atoms with Crippen molar-refractivity contribution in [2.75, 3.05) is 28.9 Å². The number of halogens is 2. The van der Waals surface area contributed by atoms with E-state index in [1.165, 1.54) is 0 Å². The first-order chi connectivity index (χ1) is 15.5. The van der Waals surface area contributed by atoms with Crippen molar-refractivity contribution in [3.8, 4) is 16.9 Å². The fraction of sp³-hybridized carbons (Fsp3) is 0.167. The largest absolute Gasteiger partial charge is 0.495 e. The van der Waals surface area contributed by atoms with Crippen LogP contribution in [-0.4, -0.2) is 24.8 Å². The lowest BCUT2D eigenvalue weighted by molar-refractivity contribution is -0.116. The molecule has 1 aliphatic rings. The highest BCUT2D eigenvalue weighted by Crippen LogP contribution is 2.37. The fourth-order valence-corrected chi connectivity index (χ4v) is 3.81. The molecule has 0 radical (unpaired) electrons. The molecule has 0 fully saturated rings. The number of alkyl halides is 1. The number of fused-ring (bicyclic) bond motifs is 2. The summed E-state index contributed by atoms with van der Waals surface area (Å²) in [4.78, 5) is 24.8. The van der Waals surface area contributed by atoms with Gasteiger partial charge >= 0.3 is 0 Å². The second kappa shape index (κ2) is 9.51. The second-order valence-electron chi connectivity index (χ2n) is 7.29. The number of hydrogen-bond acceptors (Lipinski definition) is 4. The Kier molecular flexibility index (Phi) is 6.53. The summed E-state index contributed by atoms with van der Waals surface area (Å²) in [5.41, 5.74) is 4.91. The Morgan fingerprint density at radius 3 is 2.53 bits per heavy atom. The average Bonchev–Trinajstić information content (AvgIpc) is 2.93. The van der Waals surface area contributed by atoms with E-state index in [0.717, 1.165) is 16.8 Å². The Morgan fingerprint density at radius 2 is 1.75 bits per heavy atom. The van der Waals surface area contributed by atoms with Gasteiger partial charge in [0.15, 0.2) is 0 Å². The highest BCUT2D eigenvalue weighted by Gasteiger charge is 2.20. The maximum atomic E-state index is 12.8.